The number of quaternary nitrogens is 1. The van der Waals surface area contributed by atoms with Crippen molar-refractivity contribution in [1.29, 1.82) is 5.26 Å². The Labute approximate surface area is 141 Å². The van der Waals surface area contributed by atoms with Gasteiger partial charge in [-0.05, 0) is 38.5 Å². The highest BCUT2D eigenvalue weighted by molar-refractivity contribution is 5.94. The third-order valence-electron chi connectivity index (χ3n) is 4.04. The molecule has 2 atom stereocenters. The number of nitriles is 1. The predicted octanol–water partition coefficient (Wildman–Crippen LogP) is 1.87. The molecule has 1 N–H and O–H groups in total. The summed E-state index contributed by atoms with van der Waals surface area (Å²) in [7, 11) is 3.00. The van der Waals surface area contributed by atoms with Crippen molar-refractivity contribution in [2.24, 2.45) is 0 Å². The van der Waals surface area contributed by atoms with Gasteiger partial charge in [0.25, 0.3) is 0 Å². The van der Waals surface area contributed by atoms with Crippen molar-refractivity contribution in [2.75, 3.05) is 14.2 Å². The summed E-state index contributed by atoms with van der Waals surface area (Å²) < 4.78 is 4.89. The van der Waals surface area contributed by atoms with Gasteiger partial charge in [0, 0.05) is 0 Å². The van der Waals surface area contributed by atoms with E-state index in [2.05, 4.69) is 5.32 Å². The summed E-state index contributed by atoms with van der Waals surface area (Å²) in [5.74, 6) is -0.264. The first-order valence-electron chi connectivity index (χ1n) is 7.55. The zero-order valence-electron chi connectivity index (χ0n) is 14.5. The Morgan fingerprint density at radius 1 is 1.33 bits per heavy atom. The van der Waals surface area contributed by atoms with Gasteiger partial charge in [-0.15, -0.1) is 0 Å². The van der Waals surface area contributed by atoms with E-state index in [0.717, 1.165) is 5.56 Å². The Morgan fingerprint density at radius 2 is 1.92 bits per heavy atom. The Morgan fingerprint density at radius 3 is 2.33 bits per heavy atom. The first-order valence-corrected chi connectivity index (χ1v) is 7.55. The van der Waals surface area contributed by atoms with Crippen molar-refractivity contribution in [2.45, 2.75) is 38.5 Å². The molecule has 0 aromatic heterocycles. The zero-order valence-corrected chi connectivity index (χ0v) is 14.5. The summed E-state index contributed by atoms with van der Waals surface area (Å²) in [5, 5.41) is 11.5. The molecule has 0 bridgehead atoms. The summed E-state index contributed by atoms with van der Waals surface area (Å²) in [6, 6.07) is 8.88. The van der Waals surface area contributed by atoms with Gasteiger partial charge in [0.15, 0.2) is 0 Å². The van der Waals surface area contributed by atoms with E-state index < -0.39 is 17.4 Å². The van der Waals surface area contributed by atoms with Gasteiger partial charge in [-0.2, -0.15) is 10.1 Å². The van der Waals surface area contributed by atoms with E-state index in [1.165, 1.54) is 7.11 Å². The average molecular weight is 332 g/mol. The number of hydroxylamine groups is 3. The molecule has 1 aliphatic heterocycles. The minimum atomic E-state index is -1.23. The van der Waals surface area contributed by atoms with E-state index in [9.17, 15) is 9.59 Å². The Bertz CT molecular complexity index is 702. The number of nitrogens with one attached hydrogen (secondary N) is 1. The normalized spacial score (nSPS) is 25.8. The maximum atomic E-state index is 12.4. The van der Waals surface area contributed by atoms with Crippen molar-refractivity contribution in [3.8, 4) is 6.07 Å². The van der Waals surface area contributed by atoms with Gasteiger partial charge in [-0.1, -0.05) is 16.8 Å². The van der Waals surface area contributed by atoms with Crippen LogP contribution in [0.2, 0.25) is 0 Å². The smallest absolute Gasteiger partial charge is 0.435 e. The first kappa shape index (κ1) is 17.9. The predicted molar refractivity (Wildman–Crippen MR) is 85.2 cm³/mol. The molecule has 0 radical (unpaired) electrons. The Kier molecular flexibility index (Phi) is 4.40. The van der Waals surface area contributed by atoms with Gasteiger partial charge in [-0.3, -0.25) is 5.32 Å². The van der Waals surface area contributed by atoms with E-state index in [1.807, 2.05) is 6.07 Å². The van der Waals surface area contributed by atoms with Gasteiger partial charge in [0.2, 0.25) is 0 Å². The molecule has 24 heavy (non-hydrogen) atoms. The van der Waals surface area contributed by atoms with E-state index in [4.69, 9.17) is 14.8 Å². The van der Waals surface area contributed by atoms with Crippen LogP contribution in [-0.2, 0) is 20.8 Å². The zero-order chi connectivity index (χ0) is 18.2. The van der Waals surface area contributed by atoms with E-state index >= 15 is 0 Å². The first-order chi connectivity index (χ1) is 11.1. The lowest BCUT2D eigenvalue weighted by Gasteiger charge is -2.22. The number of hydrogen-bond donors (Lipinski definition) is 1. The summed E-state index contributed by atoms with van der Waals surface area (Å²) in [6.07, 6.45) is -0.440. The van der Waals surface area contributed by atoms with Crippen LogP contribution in [0.3, 0.4) is 0 Å². The van der Waals surface area contributed by atoms with Gasteiger partial charge in [0.1, 0.15) is 12.6 Å². The summed E-state index contributed by atoms with van der Waals surface area (Å²) in [4.78, 5) is 29.9. The highest BCUT2D eigenvalue weighted by Gasteiger charge is 2.83. The average Bonchev–Trinajstić information content (AvgIpc) is 2.94. The Balaban J connectivity index is 2.24. The van der Waals surface area contributed by atoms with Gasteiger partial charge < -0.3 is 4.74 Å². The second kappa shape index (κ2) is 5.89. The molecule has 0 saturated carbocycles. The molecular formula is C17H22N3O4+. The molecule has 2 rings (SSSR count). The molecule has 1 aromatic rings. The van der Waals surface area contributed by atoms with Crippen LogP contribution in [0.25, 0.3) is 0 Å². The molecule has 1 heterocycles. The van der Waals surface area contributed by atoms with E-state index in [0.29, 0.717) is 5.56 Å². The highest BCUT2D eigenvalue weighted by atomic mass is 16.7. The number of benzene rings is 1. The molecule has 7 heteroatoms. The van der Waals surface area contributed by atoms with Crippen LogP contribution in [0, 0.1) is 11.3 Å². The topological polar surface area (TPSA) is 88.4 Å². The number of carbonyl (C=O) groups excluding carboxylic acids is 2. The number of hydrogen-bond acceptors (Lipinski definition) is 5. The summed E-state index contributed by atoms with van der Waals surface area (Å²) >= 11 is 0. The van der Waals surface area contributed by atoms with Gasteiger partial charge in [0.05, 0.1) is 25.2 Å². The number of carbonyl (C=O) groups is 2. The number of likely N-dealkylation sites (N-methyl/N-ethyl adjacent to an activating group) is 1. The fraction of sp³-hybridized carbons (Fsp3) is 0.471. The van der Waals surface area contributed by atoms with Crippen LogP contribution in [0.1, 0.15) is 31.9 Å². The van der Waals surface area contributed by atoms with Gasteiger partial charge in [-0.25, -0.2) is 9.59 Å². The summed E-state index contributed by atoms with van der Waals surface area (Å²) in [5.41, 5.74) is -0.573. The lowest BCUT2D eigenvalue weighted by atomic mass is 10.0. The number of amides is 2. The molecule has 0 spiro atoms. The van der Waals surface area contributed by atoms with Crippen LogP contribution in [0.4, 0.5) is 4.79 Å². The van der Waals surface area contributed by atoms with Crippen molar-refractivity contribution in [3.05, 3.63) is 35.4 Å². The quantitative estimate of drug-likeness (QED) is 0.672. The highest BCUT2D eigenvalue weighted by Crippen LogP contribution is 2.43. The fourth-order valence-electron chi connectivity index (χ4n) is 2.60. The van der Waals surface area contributed by atoms with Crippen LogP contribution in [-0.4, -0.2) is 42.1 Å². The minimum Gasteiger partial charge on any atom is -0.444 e. The summed E-state index contributed by atoms with van der Waals surface area (Å²) in [6.45, 7) is 5.25. The molecule has 1 saturated heterocycles. The SMILES string of the molecule is CO[N+]1(C)C(=O)C1(Cc1ccc(C#N)cc1)NC(=O)OC(C)(C)C. The van der Waals surface area contributed by atoms with Crippen LogP contribution >= 0.6 is 0 Å². The monoisotopic (exact) mass is 332 g/mol. The van der Waals surface area contributed by atoms with Crippen LogP contribution < -0.4 is 5.32 Å². The second-order valence-electron chi connectivity index (χ2n) is 6.88. The molecule has 128 valence electrons. The third kappa shape index (κ3) is 3.11. The maximum Gasteiger partial charge on any atom is 0.435 e. The fourth-order valence-corrected chi connectivity index (χ4v) is 2.60. The molecule has 2 unspecified atom stereocenters. The number of rotatable bonds is 4. The molecule has 7 nitrogen and oxygen atoms in total. The molecule has 2 amide bonds. The molecular weight excluding hydrogens is 310 g/mol. The van der Waals surface area contributed by atoms with Gasteiger partial charge >= 0.3 is 17.7 Å². The number of ether oxygens (including phenoxy) is 1. The lowest BCUT2D eigenvalue weighted by molar-refractivity contribution is -0.978. The van der Waals surface area contributed by atoms with E-state index in [1.54, 1.807) is 52.1 Å². The minimum absolute atomic E-state index is 0.237. The van der Waals surface area contributed by atoms with Crippen molar-refractivity contribution in [3.63, 3.8) is 0 Å². The third-order valence-corrected chi connectivity index (χ3v) is 4.04. The van der Waals surface area contributed by atoms with Crippen LogP contribution in [0.15, 0.2) is 24.3 Å². The van der Waals surface area contributed by atoms with Crippen LogP contribution in [0.5, 0.6) is 0 Å². The molecule has 0 aliphatic carbocycles. The van der Waals surface area contributed by atoms with E-state index in [-0.39, 0.29) is 17.0 Å². The molecule has 1 aromatic carbocycles. The molecule has 1 aliphatic rings. The lowest BCUT2D eigenvalue weighted by Crippen LogP contribution is -2.49. The second-order valence-corrected chi connectivity index (χ2v) is 6.88. The molecule has 1 fully saturated rings. The standard InChI is InChI=1S/C17H21N3O4/c1-16(2,3)24-15(22)19-17(14(21)20(17,4)23-5)10-12-6-8-13(11-18)9-7-12/h6-9H,10H2,1-5H3/p+1. The number of alkyl carbamates (subject to hydrolysis) is 1. The largest absolute Gasteiger partial charge is 0.444 e. The Hall–Kier alpha value is -2.43. The maximum absolute atomic E-state index is 12.4. The van der Waals surface area contributed by atoms with Crippen molar-refractivity contribution < 1.29 is 23.8 Å². The van der Waals surface area contributed by atoms with Crippen molar-refractivity contribution >= 4 is 12.0 Å². The van der Waals surface area contributed by atoms with Crippen molar-refractivity contribution in [1.82, 2.24) is 5.32 Å². The number of nitrogens with zero attached hydrogens (tertiary/aromatic N) is 2.